The van der Waals surface area contributed by atoms with Crippen LogP contribution in [0.5, 0.6) is 5.75 Å². The van der Waals surface area contributed by atoms with Crippen LogP contribution in [0.4, 0.5) is 0 Å². The molecule has 1 aliphatic rings. The highest BCUT2D eigenvalue weighted by Gasteiger charge is 2.25. The second kappa shape index (κ2) is 8.33. The molecule has 0 bridgehead atoms. The predicted molar refractivity (Wildman–Crippen MR) is 101 cm³/mol. The van der Waals surface area contributed by atoms with Crippen molar-refractivity contribution in [1.82, 2.24) is 9.62 Å². The minimum Gasteiger partial charge on any atom is -0.495 e. The van der Waals surface area contributed by atoms with Crippen molar-refractivity contribution in [2.75, 3.05) is 26.7 Å². The maximum absolute atomic E-state index is 12.5. The Labute approximate surface area is 163 Å². The predicted octanol–water partition coefficient (Wildman–Crippen LogP) is 2.77. The molecule has 0 spiro atoms. The minimum atomic E-state index is -3.66. The van der Waals surface area contributed by atoms with Crippen molar-refractivity contribution >= 4 is 27.5 Å². The van der Waals surface area contributed by atoms with Gasteiger partial charge in [0.15, 0.2) is 0 Å². The fourth-order valence-electron chi connectivity index (χ4n) is 3.03. The number of benzene rings is 1. The van der Waals surface area contributed by atoms with Gasteiger partial charge in [-0.2, -0.15) is 0 Å². The molecule has 146 valence electrons. The molecule has 1 N–H and O–H groups in total. The van der Waals surface area contributed by atoms with Crippen molar-refractivity contribution < 1.29 is 22.4 Å². The van der Waals surface area contributed by atoms with Crippen LogP contribution >= 0.6 is 11.6 Å². The summed E-state index contributed by atoms with van der Waals surface area (Å²) in [6.45, 7) is 1.50. The molecule has 1 aromatic carbocycles. The number of nitrogens with one attached hydrogen (secondary N) is 1. The van der Waals surface area contributed by atoms with Gasteiger partial charge in [-0.1, -0.05) is 11.6 Å². The van der Waals surface area contributed by atoms with Crippen LogP contribution in [-0.2, 0) is 10.0 Å². The fraction of sp³-hybridized carbons (Fsp3) is 0.389. The van der Waals surface area contributed by atoms with E-state index >= 15 is 0 Å². The second-order valence-electron chi connectivity index (χ2n) is 6.40. The van der Waals surface area contributed by atoms with E-state index < -0.39 is 10.0 Å². The quantitative estimate of drug-likeness (QED) is 0.788. The molecule has 1 saturated heterocycles. The molecule has 0 unspecified atom stereocenters. The van der Waals surface area contributed by atoms with Crippen LogP contribution < -0.4 is 9.46 Å². The number of carbonyl (C=O) groups excluding carboxylic acids is 1. The maximum Gasteiger partial charge on any atom is 0.257 e. The molecule has 9 heteroatoms. The minimum absolute atomic E-state index is 0.0596. The summed E-state index contributed by atoms with van der Waals surface area (Å²) in [7, 11) is -2.19. The Morgan fingerprint density at radius 1 is 1.33 bits per heavy atom. The van der Waals surface area contributed by atoms with Crippen LogP contribution in [0.2, 0.25) is 5.02 Å². The average molecular weight is 413 g/mol. The monoisotopic (exact) mass is 412 g/mol. The Kier molecular flexibility index (Phi) is 6.08. The van der Waals surface area contributed by atoms with Gasteiger partial charge in [0.1, 0.15) is 12.0 Å². The number of hydrogen-bond donors (Lipinski definition) is 1. The van der Waals surface area contributed by atoms with Gasteiger partial charge >= 0.3 is 0 Å². The van der Waals surface area contributed by atoms with Gasteiger partial charge in [0, 0.05) is 19.6 Å². The van der Waals surface area contributed by atoms with Crippen LogP contribution in [-0.4, -0.2) is 46.0 Å². The van der Waals surface area contributed by atoms with E-state index in [2.05, 4.69) is 4.72 Å². The lowest BCUT2D eigenvalue weighted by atomic mass is 9.97. The summed E-state index contributed by atoms with van der Waals surface area (Å²) in [5, 5.41) is 0.242. The Hall–Kier alpha value is -2.03. The molecule has 0 radical (unpaired) electrons. The molecule has 0 aliphatic carbocycles. The van der Waals surface area contributed by atoms with Gasteiger partial charge in [-0.3, -0.25) is 4.79 Å². The lowest BCUT2D eigenvalue weighted by Gasteiger charge is -2.31. The van der Waals surface area contributed by atoms with Crippen LogP contribution in [0.1, 0.15) is 23.2 Å². The Balaban J connectivity index is 1.53. The number of piperidine rings is 1. The number of rotatable bonds is 6. The summed E-state index contributed by atoms with van der Waals surface area (Å²) >= 11 is 6.01. The number of hydrogen-bond acceptors (Lipinski definition) is 5. The third-order valence-electron chi connectivity index (χ3n) is 4.67. The van der Waals surface area contributed by atoms with Crippen molar-refractivity contribution in [3.63, 3.8) is 0 Å². The van der Waals surface area contributed by atoms with E-state index in [1.54, 1.807) is 11.0 Å². The van der Waals surface area contributed by atoms with Gasteiger partial charge in [0.05, 0.1) is 28.9 Å². The first-order valence-electron chi connectivity index (χ1n) is 8.55. The number of likely N-dealkylation sites (tertiary alicyclic amines) is 1. The molecule has 7 nitrogen and oxygen atoms in total. The van der Waals surface area contributed by atoms with Gasteiger partial charge in [-0.15, -0.1) is 0 Å². The normalized spacial score (nSPS) is 15.7. The molecule has 1 fully saturated rings. The highest BCUT2D eigenvalue weighted by molar-refractivity contribution is 7.89. The summed E-state index contributed by atoms with van der Waals surface area (Å²) in [5.74, 6) is 0.530. The van der Waals surface area contributed by atoms with Gasteiger partial charge in [-0.25, -0.2) is 13.1 Å². The smallest absolute Gasteiger partial charge is 0.257 e. The number of nitrogens with zero attached hydrogens (tertiary/aromatic N) is 1. The molecule has 27 heavy (non-hydrogen) atoms. The highest BCUT2D eigenvalue weighted by atomic mass is 35.5. The molecule has 3 rings (SSSR count). The number of ether oxygens (including phenoxy) is 1. The van der Waals surface area contributed by atoms with E-state index in [4.69, 9.17) is 20.8 Å². The maximum atomic E-state index is 12.5. The molecule has 2 heterocycles. The van der Waals surface area contributed by atoms with E-state index in [0.29, 0.717) is 30.9 Å². The van der Waals surface area contributed by atoms with Crippen molar-refractivity contribution in [3.05, 3.63) is 47.4 Å². The van der Waals surface area contributed by atoms with E-state index in [0.717, 1.165) is 12.8 Å². The molecule has 1 aromatic heterocycles. The lowest BCUT2D eigenvalue weighted by Crippen LogP contribution is -2.41. The summed E-state index contributed by atoms with van der Waals surface area (Å²) in [4.78, 5) is 14.1. The fourth-order valence-corrected chi connectivity index (χ4v) is 4.50. The van der Waals surface area contributed by atoms with Crippen LogP contribution in [0.15, 0.2) is 46.1 Å². The first-order chi connectivity index (χ1) is 12.9. The Morgan fingerprint density at radius 3 is 2.67 bits per heavy atom. The molecule has 2 aromatic rings. The zero-order chi connectivity index (χ0) is 19.4. The van der Waals surface area contributed by atoms with Crippen molar-refractivity contribution in [2.45, 2.75) is 17.7 Å². The topological polar surface area (TPSA) is 88.9 Å². The largest absolute Gasteiger partial charge is 0.495 e. The van der Waals surface area contributed by atoms with Crippen LogP contribution in [0.25, 0.3) is 0 Å². The van der Waals surface area contributed by atoms with Gasteiger partial charge in [0.2, 0.25) is 10.0 Å². The van der Waals surface area contributed by atoms with Crippen LogP contribution in [0.3, 0.4) is 0 Å². The molecule has 1 amide bonds. The zero-order valence-electron chi connectivity index (χ0n) is 14.9. The summed E-state index contributed by atoms with van der Waals surface area (Å²) < 4.78 is 37.6. The van der Waals surface area contributed by atoms with Gasteiger partial charge in [-0.05, 0) is 43.0 Å². The molecule has 0 saturated carbocycles. The molecular weight excluding hydrogens is 392 g/mol. The number of halogens is 1. The number of carbonyl (C=O) groups is 1. The highest BCUT2D eigenvalue weighted by Crippen LogP contribution is 2.27. The molecular formula is C18H21ClN2O5S. The first kappa shape index (κ1) is 19.7. The third-order valence-corrected chi connectivity index (χ3v) is 6.38. The van der Waals surface area contributed by atoms with E-state index in [1.165, 1.54) is 37.8 Å². The SMILES string of the molecule is COc1ccc(S(=O)(=O)NCC2CCN(C(=O)c3ccoc3)CC2)cc1Cl. The van der Waals surface area contributed by atoms with Gasteiger partial charge in [0.25, 0.3) is 5.91 Å². The average Bonchev–Trinajstić information content (AvgIpc) is 3.21. The van der Waals surface area contributed by atoms with Gasteiger partial charge < -0.3 is 14.1 Å². The van der Waals surface area contributed by atoms with E-state index in [1.807, 2.05) is 0 Å². The Morgan fingerprint density at radius 2 is 2.07 bits per heavy atom. The molecule has 0 atom stereocenters. The lowest BCUT2D eigenvalue weighted by molar-refractivity contribution is 0.0691. The summed E-state index contributed by atoms with van der Waals surface area (Å²) in [6.07, 6.45) is 4.37. The summed E-state index contributed by atoms with van der Waals surface area (Å²) in [6, 6.07) is 5.99. The standard InChI is InChI=1S/C18H21ClN2O5S/c1-25-17-3-2-15(10-16(17)19)27(23,24)20-11-13-4-7-21(8-5-13)18(22)14-6-9-26-12-14/h2-3,6,9-10,12-13,20H,4-5,7-8,11H2,1H3. The Bertz CT molecular complexity index is 890. The van der Waals surface area contributed by atoms with Crippen molar-refractivity contribution in [1.29, 1.82) is 0 Å². The third kappa shape index (κ3) is 4.63. The number of amides is 1. The summed E-state index contributed by atoms with van der Waals surface area (Å²) in [5.41, 5.74) is 0.533. The number of methoxy groups -OCH3 is 1. The second-order valence-corrected chi connectivity index (χ2v) is 8.57. The van der Waals surface area contributed by atoms with E-state index in [-0.39, 0.29) is 21.7 Å². The zero-order valence-corrected chi connectivity index (χ0v) is 16.4. The number of furan rings is 1. The van der Waals surface area contributed by atoms with Crippen molar-refractivity contribution in [2.24, 2.45) is 5.92 Å². The first-order valence-corrected chi connectivity index (χ1v) is 10.4. The molecule has 1 aliphatic heterocycles. The number of sulfonamides is 1. The van der Waals surface area contributed by atoms with Crippen LogP contribution in [0, 0.1) is 5.92 Å². The van der Waals surface area contributed by atoms with Crippen molar-refractivity contribution in [3.8, 4) is 5.75 Å². The van der Waals surface area contributed by atoms with E-state index in [9.17, 15) is 13.2 Å².